The van der Waals surface area contributed by atoms with Crippen molar-refractivity contribution in [3.8, 4) is 0 Å². The van der Waals surface area contributed by atoms with E-state index in [9.17, 15) is 4.79 Å². The molecule has 25 heavy (non-hydrogen) atoms. The lowest BCUT2D eigenvalue weighted by molar-refractivity contribution is 0.216. The number of benzene rings is 2. The number of nitrogens with zero attached hydrogens (tertiary/aromatic N) is 3. The van der Waals surface area contributed by atoms with Crippen LogP contribution in [0.3, 0.4) is 0 Å². The van der Waals surface area contributed by atoms with Crippen molar-refractivity contribution in [1.82, 2.24) is 10.2 Å². The Hall–Kier alpha value is -2.73. The molecular weight excluding hydrogens is 314 g/mol. The zero-order valence-electron chi connectivity index (χ0n) is 14.4. The first-order valence-corrected chi connectivity index (χ1v) is 8.52. The molecule has 0 saturated carbocycles. The number of likely N-dealkylation sites (N-methyl/N-ethyl adjacent to an activating group) is 1. The Morgan fingerprint density at radius 3 is 2.40 bits per heavy atom. The van der Waals surface area contributed by atoms with E-state index >= 15 is 0 Å². The largest absolute Gasteiger partial charge is 0.334 e. The van der Waals surface area contributed by atoms with Gasteiger partial charge in [0.2, 0.25) is 0 Å². The molecule has 0 bridgehead atoms. The van der Waals surface area contributed by atoms with E-state index in [0.717, 1.165) is 43.0 Å². The Morgan fingerprint density at radius 2 is 1.72 bits per heavy atom. The van der Waals surface area contributed by atoms with Crippen LogP contribution in [0.25, 0.3) is 0 Å². The van der Waals surface area contributed by atoms with Gasteiger partial charge in [0.15, 0.2) is 0 Å². The quantitative estimate of drug-likeness (QED) is 0.816. The molecule has 2 aromatic carbocycles. The molecule has 1 aliphatic rings. The standard InChI is InChI=1S/C19H23N5O/c1-24-13-5-8-18(14-24)21-19(25)20-15-9-11-17(12-10-15)23-22-16-6-3-2-4-7-16/h2-4,6-7,9-12,18H,5,8,13-14H2,1H3,(H2,20,21,25)/t18-/m1/s1. The van der Waals surface area contributed by atoms with Crippen LogP contribution in [0.1, 0.15) is 12.8 Å². The zero-order chi connectivity index (χ0) is 17.5. The average Bonchev–Trinajstić information content (AvgIpc) is 2.62. The number of hydrogen-bond acceptors (Lipinski definition) is 4. The predicted molar refractivity (Wildman–Crippen MR) is 99.7 cm³/mol. The third kappa shape index (κ3) is 5.39. The van der Waals surface area contributed by atoms with E-state index in [1.54, 1.807) is 0 Å². The molecule has 3 rings (SSSR count). The van der Waals surface area contributed by atoms with Crippen molar-refractivity contribution in [2.24, 2.45) is 10.2 Å². The van der Waals surface area contributed by atoms with Crippen molar-refractivity contribution < 1.29 is 4.79 Å². The molecule has 6 heteroatoms. The molecule has 2 N–H and O–H groups in total. The van der Waals surface area contributed by atoms with E-state index in [1.165, 1.54) is 0 Å². The van der Waals surface area contributed by atoms with Crippen LogP contribution in [0.4, 0.5) is 21.9 Å². The van der Waals surface area contributed by atoms with Gasteiger partial charge in [0.25, 0.3) is 0 Å². The molecule has 0 aliphatic carbocycles. The van der Waals surface area contributed by atoms with Gasteiger partial charge in [-0.3, -0.25) is 0 Å². The summed E-state index contributed by atoms with van der Waals surface area (Å²) in [5, 5.41) is 14.3. The molecule has 130 valence electrons. The van der Waals surface area contributed by atoms with Crippen LogP contribution in [0, 0.1) is 0 Å². The van der Waals surface area contributed by atoms with Crippen LogP contribution < -0.4 is 10.6 Å². The first-order chi connectivity index (χ1) is 12.2. The summed E-state index contributed by atoms with van der Waals surface area (Å²) in [4.78, 5) is 14.3. The third-order valence-corrected chi connectivity index (χ3v) is 4.12. The first kappa shape index (κ1) is 17.1. The molecule has 0 aromatic heterocycles. The number of carbonyl (C=O) groups is 1. The number of nitrogens with one attached hydrogen (secondary N) is 2. The SMILES string of the molecule is CN1CCC[C@@H](NC(=O)Nc2ccc(N=Nc3ccccc3)cc2)C1. The number of azo groups is 1. The van der Waals surface area contributed by atoms with Gasteiger partial charge in [-0.05, 0) is 62.8 Å². The minimum atomic E-state index is -0.168. The zero-order valence-corrected chi connectivity index (χ0v) is 14.4. The number of anilines is 1. The highest BCUT2D eigenvalue weighted by molar-refractivity contribution is 5.89. The minimum absolute atomic E-state index is 0.168. The lowest BCUT2D eigenvalue weighted by atomic mass is 10.1. The van der Waals surface area contributed by atoms with Gasteiger partial charge < -0.3 is 15.5 Å². The van der Waals surface area contributed by atoms with E-state index in [2.05, 4.69) is 32.8 Å². The molecule has 2 aromatic rings. The minimum Gasteiger partial charge on any atom is -0.334 e. The molecule has 1 atom stereocenters. The van der Waals surface area contributed by atoms with Crippen LogP contribution >= 0.6 is 0 Å². The lowest BCUT2D eigenvalue weighted by Gasteiger charge is -2.30. The van der Waals surface area contributed by atoms with Crippen LogP contribution in [0.2, 0.25) is 0 Å². The molecule has 1 aliphatic heterocycles. The summed E-state index contributed by atoms with van der Waals surface area (Å²) in [5.41, 5.74) is 2.28. The van der Waals surface area contributed by atoms with Gasteiger partial charge in [0.05, 0.1) is 11.4 Å². The Balaban J connectivity index is 1.52. The first-order valence-electron chi connectivity index (χ1n) is 8.52. The predicted octanol–water partition coefficient (Wildman–Crippen LogP) is 4.32. The lowest BCUT2D eigenvalue weighted by Crippen LogP contribution is -2.47. The van der Waals surface area contributed by atoms with Gasteiger partial charge in [-0.1, -0.05) is 18.2 Å². The van der Waals surface area contributed by atoms with E-state index in [0.29, 0.717) is 0 Å². The second-order valence-electron chi connectivity index (χ2n) is 6.28. The molecule has 1 saturated heterocycles. The molecular formula is C19H23N5O. The second-order valence-corrected chi connectivity index (χ2v) is 6.28. The topological polar surface area (TPSA) is 69.1 Å². The highest BCUT2D eigenvalue weighted by Crippen LogP contribution is 2.20. The molecule has 0 radical (unpaired) electrons. The van der Waals surface area contributed by atoms with E-state index in [-0.39, 0.29) is 12.1 Å². The van der Waals surface area contributed by atoms with Crippen molar-refractivity contribution in [2.45, 2.75) is 18.9 Å². The van der Waals surface area contributed by atoms with Crippen LogP contribution in [-0.4, -0.2) is 37.1 Å². The summed E-state index contributed by atoms with van der Waals surface area (Å²) in [7, 11) is 2.08. The maximum atomic E-state index is 12.1. The highest BCUT2D eigenvalue weighted by atomic mass is 16.2. The number of amides is 2. The number of rotatable bonds is 4. The van der Waals surface area contributed by atoms with Crippen molar-refractivity contribution in [3.05, 3.63) is 54.6 Å². The molecule has 0 unspecified atom stereocenters. The fourth-order valence-electron chi connectivity index (χ4n) is 2.86. The Labute approximate surface area is 148 Å². The number of carbonyl (C=O) groups excluding carboxylic acids is 1. The maximum Gasteiger partial charge on any atom is 0.319 e. The fraction of sp³-hybridized carbons (Fsp3) is 0.316. The Kier molecular flexibility index (Phi) is 5.74. The molecule has 1 heterocycles. The van der Waals surface area contributed by atoms with Crippen molar-refractivity contribution >= 4 is 23.1 Å². The molecule has 1 fully saturated rings. The van der Waals surface area contributed by atoms with Crippen molar-refractivity contribution in [1.29, 1.82) is 0 Å². The summed E-state index contributed by atoms with van der Waals surface area (Å²) < 4.78 is 0. The summed E-state index contributed by atoms with van der Waals surface area (Å²) in [6, 6.07) is 16.9. The number of urea groups is 1. The normalized spacial score (nSPS) is 18.2. The maximum absolute atomic E-state index is 12.1. The van der Waals surface area contributed by atoms with E-state index in [1.807, 2.05) is 54.6 Å². The summed E-state index contributed by atoms with van der Waals surface area (Å²) in [6.07, 6.45) is 2.14. The smallest absolute Gasteiger partial charge is 0.319 e. The number of likely N-dealkylation sites (tertiary alicyclic amines) is 1. The summed E-state index contributed by atoms with van der Waals surface area (Å²) >= 11 is 0. The Morgan fingerprint density at radius 1 is 1.04 bits per heavy atom. The molecule has 2 amide bonds. The van der Waals surface area contributed by atoms with Gasteiger partial charge in [-0.25, -0.2) is 4.79 Å². The highest BCUT2D eigenvalue weighted by Gasteiger charge is 2.18. The van der Waals surface area contributed by atoms with Gasteiger partial charge in [-0.2, -0.15) is 10.2 Å². The molecule has 0 spiro atoms. The summed E-state index contributed by atoms with van der Waals surface area (Å²) in [6.45, 7) is 1.99. The summed E-state index contributed by atoms with van der Waals surface area (Å²) in [5.74, 6) is 0. The molecule has 6 nitrogen and oxygen atoms in total. The van der Waals surface area contributed by atoms with Crippen molar-refractivity contribution in [2.75, 3.05) is 25.5 Å². The fourth-order valence-corrected chi connectivity index (χ4v) is 2.86. The third-order valence-electron chi connectivity index (χ3n) is 4.12. The van der Waals surface area contributed by atoms with E-state index in [4.69, 9.17) is 0 Å². The monoisotopic (exact) mass is 337 g/mol. The van der Waals surface area contributed by atoms with Gasteiger partial charge in [-0.15, -0.1) is 0 Å². The van der Waals surface area contributed by atoms with Crippen LogP contribution in [0.15, 0.2) is 64.8 Å². The number of hydrogen-bond donors (Lipinski definition) is 2. The van der Waals surface area contributed by atoms with Gasteiger partial charge in [0, 0.05) is 18.3 Å². The second kappa shape index (κ2) is 8.39. The van der Waals surface area contributed by atoms with Crippen molar-refractivity contribution in [3.63, 3.8) is 0 Å². The number of piperidine rings is 1. The Bertz CT molecular complexity index is 714. The van der Waals surface area contributed by atoms with Gasteiger partial charge in [0.1, 0.15) is 0 Å². The van der Waals surface area contributed by atoms with Gasteiger partial charge >= 0.3 is 6.03 Å². The van der Waals surface area contributed by atoms with Crippen LogP contribution in [0.5, 0.6) is 0 Å². The van der Waals surface area contributed by atoms with E-state index < -0.39 is 0 Å². The average molecular weight is 337 g/mol. The van der Waals surface area contributed by atoms with Crippen LogP contribution in [-0.2, 0) is 0 Å².